The van der Waals surface area contributed by atoms with E-state index in [2.05, 4.69) is 21.3 Å². The van der Waals surface area contributed by atoms with E-state index in [1.54, 1.807) is 0 Å². The molecule has 1 atom stereocenters. The van der Waals surface area contributed by atoms with Crippen LogP contribution in [0, 0.1) is 5.92 Å². The van der Waals surface area contributed by atoms with Crippen molar-refractivity contribution in [3.8, 4) is 0 Å². The Hall–Kier alpha value is -1.29. The van der Waals surface area contributed by atoms with Gasteiger partial charge in [-0.3, -0.25) is 4.98 Å². The van der Waals surface area contributed by atoms with E-state index in [9.17, 15) is 0 Å². The summed E-state index contributed by atoms with van der Waals surface area (Å²) < 4.78 is 0. The minimum Gasteiger partial charge on any atom is -0.385 e. The Kier molecular flexibility index (Phi) is 3.62. The van der Waals surface area contributed by atoms with Crippen molar-refractivity contribution in [2.45, 2.75) is 12.8 Å². The zero-order valence-corrected chi connectivity index (χ0v) is 9.82. The second-order valence-electron chi connectivity index (χ2n) is 4.33. The highest BCUT2D eigenvalue weighted by molar-refractivity contribution is 5.68. The summed E-state index contributed by atoms with van der Waals surface area (Å²) in [6, 6.07) is 2.07. The first-order valence-electron chi connectivity index (χ1n) is 5.92. The van der Waals surface area contributed by atoms with Crippen molar-refractivity contribution < 1.29 is 0 Å². The highest BCUT2D eigenvalue weighted by Crippen LogP contribution is 2.28. The Bertz CT molecular complexity index is 340. The molecule has 0 aromatic carbocycles. The Morgan fingerprint density at radius 1 is 1.62 bits per heavy atom. The van der Waals surface area contributed by atoms with Gasteiger partial charge in [0.05, 0.1) is 17.6 Å². The van der Waals surface area contributed by atoms with Gasteiger partial charge in [-0.05, 0) is 31.4 Å². The number of piperidine rings is 1. The summed E-state index contributed by atoms with van der Waals surface area (Å²) in [6.07, 6.45) is 6.21. The van der Waals surface area contributed by atoms with E-state index in [1.165, 1.54) is 18.5 Å². The van der Waals surface area contributed by atoms with E-state index in [0.717, 1.165) is 25.3 Å². The van der Waals surface area contributed by atoms with Crippen LogP contribution in [0.4, 0.5) is 11.4 Å². The monoisotopic (exact) mass is 220 g/mol. The van der Waals surface area contributed by atoms with Gasteiger partial charge < -0.3 is 16.0 Å². The van der Waals surface area contributed by atoms with Crippen LogP contribution in [0.2, 0.25) is 0 Å². The Morgan fingerprint density at radius 2 is 2.50 bits per heavy atom. The fraction of sp³-hybridized carbons (Fsp3) is 0.583. The number of nitrogens with zero attached hydrogens (tertiary/aromatic N) is 2. The Balaban J connectivity index is 2.16. The zero-order valence-electron chi connectivity index (χ0n) is 9.82. The maximum absolute atomic E-state index is 5.76. The third-order valence-corrected chi connectivity index (χ3v) is 3.26. The molecule has 1 aliphatic rings. The first-order valence-corrected chi connectivity index (χ1v) is 5.92. The molecular formula is C12H20N4. The average molecular weight is 220 g/mol. The number of nitrogens with one attached hydrogen (secondary N) is 1. The predicted octanol–water partition coefficient (Wildman–Crippen LogP) is 1.30. The first kappa shape index (κ1) is 11.2. The van der Waals surface area contributed by atoms with Gasteiger partial charge in [0.25, 0.3) is 0 Å². The Labute approximate surface area is 96.8 Å². The van der Waals surface area contributed by atoms with Crippen molar-refractivity contribution in [1.82, 2.24) is 4.98 Å². The van der Waals surface area contributed by atoms with Crippen molar-refractivity contribution in [2.75, 3.05) is 36.9 Å². The van der Waals surface area contributed by atoms with Crippen molar-refractivity contribution in [1.29, 1.82) is 0 Å². The highest BCUT2D eigenvalue weighted by atomic mass is 15.2. The molecule has 3 N–H and O–H groups in total. The quantitative estimate of drug-likeness (QED) is 0.806. The van der Waals surface area contributed by atoms with Crippen LogP contribution in [0.3, 0.4) is 0 Å². The molecule has 1 unspecified atom stereocenters. The summed E-state index contributed by atoms with van der Waals surface area (Å²) in [4.78, 5) is 6.55. The van der Waals surface area contributed by atoms with Crippen LogP contribution in [-0.4, -0.2) is 31.7 Å². The number of nitrogens with two attached hydrogens (primary N) is 1. The van der Waals surface area contributed by atoms with E-state index in [0.29, 0.717) is 5.92 Å². The van der Waals surface area contributed by atoms with Crippen molar-refractivity contribution >= 4 is 11.4 Å². The summed E-state index contributed by atoms with van der Waals surface area (Å²) >= 11 is 0. The van der Waals surface area contributed by atoms with Crippen molar-refractivity contribution in [3.05, 3.63) is 18.5 Å². The molecule has 0 radical (unpaired) electrons. The largest absolute Gasteiger partial charge is 0.385 e. The second-order valence-corrected chi connectivity index (χ2v) is 4.33. The third-order valence-electron chi connectivity index (χ3n) is 3.26. The van der Waals surface area contributed by atoms with Crippen molar-refractivity contribution in [2.24, 2.45) is 11.7 Å². The molecule has 0 saturated carbocycles. The van der Waals surface area contributed by atoms with E-state index >= 15 is 0 Å². The fourth-order valence-corrected chi connectivity index (χ4v) is 2.33. The lowest BCUT2D eigenvalue weighted by atomic mass is 9.98. The summed E-state index contributed by atoms with van der Waals surface area (Å²) in [5.41, 5.74) is 8.10. The molecule has 2 rings (SSSR count). The molecule has 0 spiro atoms. The summed E-state index contributed by atoms with van der Waals surface area (Å²) in [5.74, 6) is 0.631. The topological polar surface area (TPSA) is 54.2 Å². The SMILES string of the molecule is CNc1cnccc1N1CCCC(CN)C1. The number of hydrogen-bond acceptors (Lipinski definition) is 4. The van der Waals surface area contributed by atoms with E-state index in [4.69, 9.17) is 5.73 Å². The molecular weight excluding hydrogens is 200 g/mol. The molecule has 88 valence electrons. The molecule has 0 bridgehead atoms. The second kappa shape index (κ2) is 5.16. The van der Waals surface area contributed by atoms with Gasteiger partial charge in [0.15, 0.2) is 0 Å². The number of hydrogen-bond donors (Lipinski definition) is 2. The highest BCUT2D eigenvalue weighted by Gasteiger charge is 2.20. The van der Waals surface area contributed by atoms with Gasteiger partial charge in [-0.1, -0.05) is 0 Å². The van der Waals surface area contributed by atoms with Gasteiger partial charge in [-0.15, -0.1) is 0 Å². The lowest BCUT2D eigenvalue weighted by Crippen LogP contribution is -2.38. The normalized spacial score (nSPS) is 20.9. The molecule has 16 heavy (non-hydrogen) atoms. The number of rotatable bonds is 3. The molecule has 1 aliphatic heterocycles. The van der Waals surface area contributed by atoms with Crippen LogP contribution in [-0.2, 0) is 0 Å². The smallest absolute Gasteiger partial charge is 0.0761 e. The molecule has 2 heterocycles. The molecule has 1 saturated heterocycles. The van der Waals surface area contributed by atoms with Crippen LogP contribution in [0.5, 0.6) is 0 Å². The summed E-state index contributed by atoms with van der Waals surface area (Å²) in [6.45, 7) is 2.97. The van der Waals surface area contributed by atoms with Gasteiger partial charge in [0, 0.05) is 26.3 Å². The standard InChI is InChI=1S/C12H20N4/c1-14-11-8-15-5-4-12(11)16-6-2-3-10(7-13)9-16/h4-5,8,10,14H,2-3,6-7,9,13H2,1H3. The summed E-state index contributed by atoms with van der Waals surface area (Å²) in [5, 5.41) is 3.19. The molecule has 4 heteroatoms. The van der Waals surface area contributed by atoms with Crippen LogP contribution < -0.4 is 16.0 Å². The average Bonchev–Trinajstić information content (AvgIpc) is 2.38. The number of aromatic nitrogens is 1. The van der Waals surface area contributed by atoms with Crippen LogP contribution in [0.15, 0.2) is 18.5 Å². The van der Waals surface area contributed by atoms with Gasteiger partial charge in [-0.2, -0.15) is 0 Å². The molecule has 4 nitrogen and oxygen atoms in total. The Morgan fingerprint density at radius 3 is 3.25 bits per heavy atom. The third kappa shape index (κ3) is 2.27. The van der Waals surface area contributed by atoms with Gasteiger partial charge in [0.2, 0.25) is 0 Å². The number of pyridine rings is 1. The lowest BCUT2D eigenvalue weighted by molar-refractivity contribution is 0.424. The van der Waals surface area contributed by atoms with Gasteiger partial charge in [-0.25, -0.2) is 0 Å². The van der Waals surface area contributed by atoms with Crippen molar-refractivity contribution in [3.63, 3.8) is 0 Å². The van der Waals surface area contributed by atoms with E-state index in [1.807, 2.05) is 19.4 Å². The van der Waals surface area contributed by atoms with Crippen LogP contribution in [0.1, 0.15) is 12.8 Å². The predicted molar refractivity (Wildman–Crippen MR) is 67.8 cm³/mol. The minimum absolute atomic E-state index is 0.631. The fourth-order valence-electron chi connectivity index (χ4n) is 2.33. The molecule has 1 aromatic rings. The van der Waals surface area contributed by atoms with Gasteiger partial charge >= 0.3 is 0 Å². The lowest BCUT2D eigenvalue weighted by Gasteiger charge is -2.34. The zero-order chi connectivity index (χ0) is 11.4. The molecule has 1 fully saturated rings. The molecule has 1 aromatic heterocycles. The molecule has 0 amide bonds. The van der Waals surface area contributed by atoms with Gasteiger partial charge in [0.1, 0.15) is 0 Å². The summed E-state index contributed by atoms with van der Waals surface area (Å²) in [7, 11) is 1.94. The number of anilines is 2. The van der Waals surface area contributed by atoms with Crippen LogP contribution >= 0.6 is 0 Å². The van der Waals surface area contributed by atoms with Crippen LogP contribution in [0.25, 0.3) is 0 Å². The maximum Gasteiger partial charge on any atom is 0.0761 e. The molecule has 0 aliphatic carbocycles. The van der Waals surface area contributed by atoms with E-state index in [-0.39, 0.29) is 0 Å². The van der Waals surface area contributed by atoms with E-state index < -0.39 is 0 Å². The minimum atomic E-state index is 0.631. The first-order chi connectivity index (χ1) is 7.85. The maximum atomic E-state index is 5.76.